The predicted octanol–water partition coefficient (Wildman–Crippen LogP) is 1.30. The lowest BCUT2D eigenvalue weighted by molar-refractivity contribution is -0.132. The molecule has 1 N–H and O–H groups in total. The van der Waals surface area contributed by atoms with E-state index in [1.807, 2.05) is 23.1 Å². The molecule has 0 saturated carbocycles. The summed E-state index contributed by atoms with van der Waals surface area (Å²) in [5, 5.41) is 3.28. The van der Waals surface area contributed by atoms with Crippen molar-refractivity contribution >= 4 is 18.3 Å². The van der Waals surface area contributed by atoms with Gasteiger partial charge in [-0.05, 0) is 5.56 Å². The van der Waals surface area contributed by atoms with Crippen LogP contribution in [-0.2, 0) is 9.53 Å². The van der Waals surface area contributed by atoms with Crippen molar-refractivity contribution in [3.05, 3.63) is 35.9 Å². The van der Waals surface area contributed by atoms with E-state index in [1.165, 1.54) is 5.56 Å². The van der Waals surface area contributed by atoms with Crippen LogP contribution in [0.15, 0.2) is 30.3 Å². The molecule has 6 heteroatoms. The number of nitrogens with one attached hydrogen (secondary N) is 1. The zero-order chi connectivity index (χ0) is 15.2. The van der Waals surface area contributed by atoms with Gasteiger partial charge in [0.2, 0.25) is 5.91 Å². The Morgan fingerprint density at radius 3 is 2.65 bits per heavy atom. The molecule has 5 nitrogen and oxygen atoms in total. The number of carbonyl (C=O) groups is 1. The molecule has 0 spiro atoms. The molecule has 0 bridgehead atoms. The van der Waals surface area contributed by atoms with Crippen molar-refractivity contribution in [2.24, 2.45) is 0 Å². The average Bonchev–Trinajstić information content (AvgIpc) is 2.61. The Kier molecular flexibility index (Phi) is 7.30. The molecule has 23 heavy (non-hydrogen) atoms. The van der Waals surface area contributed by atoms with Gasteiger partial charge < -0.3 is 15.0 Å². The Balaban J connectivity index is 0.00000192. The first-order valence-corrected chi connectivity index (χ1v) is 8.20. The van der Waals surface area contributed by atoms with E-state index in [4.69, 9.17) is 4.74 Å². The molecule has 0 aromatic heterocycles. The first-order chi connectivity index (χ1) is 10.8. The van der Waals surface area contributed by atoms with Crippen molar-refractivity contribution in [3.63, 3.8) is 0 Å². The fraction of sp³-hybridized carbons (Fsp3) is 0.588. The highest BCUT2D eigenvalue weighted by Crippen LogP contribution is 2.21. The predicted molar refractivity (Wildman–Crippen MR) is 92.9 cm³/mol. The number of halogens is 1. The SMILES string of the molecule is Cl.O=C(CCN1CCOC(c2ccccc2)C1)N1CCNCC1. The van der Waals surface area contributed by atoms with Crippen molar-refractivity contribution in [1.29, 1.82) is 0 Å². The van der Waals surface area contributed by atoms with E-state index in [-0.39, 0.29) is 24.4 Å². The largest absolute Gasteiger partial charge is 0.371 e. The fourth-order valence-corrected chi connectivity index (χ4v) is 3.10. The van der Waals surface area contributed by atoms with Crippen LogP contribution in [0.25, 0.3) is 0 Å². The molecular weight excluding hydrogens is 314 g/mol. The zero-order valence-electron chi connectivity index (χ0n) is 13.4. The minimum Gasteiger partial charge on any atom is -0.371 e. The zero-order valence-corrected chi connectivity index (χ0v) is 14.3. The fourth-order valence-electron chi connectivity index (χ4n) is 3.10. The molecular formula is C17H26ClN3O2. The van der Waals surface area contributed by atoms with Gasteiger partial charge in [0.25, 0.3) is 0 Å². The number of carbonyl (C=O) groups excluding carboxylic acids is 1. The van der Waals surface area contributed by atoms with Crippen LogP contribution < -0.4 is 5.32 Å². The van der Waals surface area contributed by atoms with Gasteiger partial charge in [0.05, 0.1) is 12.7 Å². The van der Waals surface area contributed by atoms with Crippen molar-refractivity contribution < 1.29 is 9.53 Å². The van der Waals surface area contributed by atoms with E-state index in [2.05, 4.69) is 22.3 Å². The Labute approximate surface area is 144 Å². The minimum atomic E-state index is 0. The highest BCUT2D eigenvalue weighted by Gasteiger charge is 2.23. The van der Waals surface area contributed by atoms with Gasteiger partial charge in [-0.2, -0.15) is 0 Å². The Morgan fingerprint density at radius 1 is 1.17 bits per heavy atom. The second-order valence-corrected chi connectivity index (χ2v) is 5.95. The molecule has 2 saturated heterocycles. The Bertz CT molecular complexity index is 480. The van der Waals surface area contributed by atoms with E-state index in [0.717, 1.165) is 52.4 Å². The minimum absolute atomic E-state index is 0. The van der Waals surface area contributed by atoms with E-state index < -0.39 is 0 Å². The third kappa shape index (κ3) is 5.18. The van der Waals surface area contributed by atoms with Gasteiger partial charge in [0.15, 0.2) is 0 Å². The summed E-state index contributed by atoms with van der Waals surface area (Å²) in [6, 6.07) is 10.3. The standard InChI is InChI=1S/C17H25N3O2.ClH/c21-17(20-10-7-18-8-11-20)6-9-19-12-13-22-16(14-19)15-4-2-1-3-5-15;/h1-5,16,18H,6-14H2;1H. The molecule has 0 radical (unpaired) electrons. The lowest BCUT2D eigenvalue weighted by atomic mass is 10.1. The molecule has 1 aromatic rings. The second-order valence-electron chi connectivity index (χ2n) is 5.95. The number of hydrogen-bond donors (Lipinski definition) is 1. The quantitative estimate of drug-likeness (QED) is 0.898. The lowest BCUT2D eigenvalue weighted by Gasteiger charge is -2.34. The van der Waals surface area contributed by atoms with Gasteiger partial charge in [-0.3, -0.25) is 9.69 Å². The van der Waals surface area contributed by atoms with Gasteiger partial charge in [-0.1, -0.05) is 30.3 Å². The van der Waals surface area contributed by atoms with Crippen LogP contribution in [0, 0.1) is 0 Å². The van der Waals surface area contributed by atoms with Crippen LogP contribution in [0.2, 0.25) is 0 Å². The van der Waals surface area contributed by atoms with E-state index in [1.54, 1.807) is 0 Å². The van der Waals surface area contributed by atoms with E-state index >= 15 is 0 Å². The van der Waals surface area contributed by atoms with Crippen molar-refractivity contribution in [2.45, 2.75) is 12.5 Å². The summed E-state index contributed by atoms with van der Waals surface area (Å²) in [4.78, 5) is 16.6. The van der Waals surface area contributed by atoms with Crippen LogP contribution in [0.1, 0.15) is 18.1 Å². The molecule has 3 rings (SSSR count). The second kappa shape index (κ2) is 9.23. The molecule has 0 aliphatic carbocycles. The first kappa shape index (κ1) is 18.2. The number of amides is 1. The summed E-state index contributed by atoms with van der Waals surface area (Å²) in [7, 11) is 0. The molecule has 1 amide bonds. The van der Waals surface area contributed by atoms with Crippen LogP contribution in [0.5, 0.6) is 0 Å². The maximum atomic E-state index is 12.2. The van der Waals surface area contributed by atoms with E-state index in [9.17, 15) is 4.79 Å². The number of piperazine rings is 1. The summed E-state index contributed by atoms with van der Waals surface area (Å²) in [5.41, 5.74) is 1.22. The first-order valence-electron chi connectivity index (χ1n) is 8.20. The van der Waals surface area contributed by atoms with Crippen LogP contribution in [0.4, 0.5) is 0 Å². The Morgan fingerprint density at radius 2 is 1.91 bits per heavy atom. The van der Waals surface area contributed by atoms with Crippen molar-refractivity contribution in [1.82, 2.24) is 15.1 Å². The highest BCUT2D eigenvalue weighted by atomic mass is 35.5. The third-order valence-electron chi connectivity index (χ3n) is 4.43. The van der Waals surface area contributed by atoms with Crippen LogP contribution in [-0.4, -0.2) is 68.1 Å². The molecule has 2 fully saturated rings. The summed E-state index contributed by atoms with van der Waals surface area (Å²) < 4.78 is 5.87. The molecule has 1 aromatic carbocycles. The van der Waals surface area contributed by atoms with Gasteiger partial charge >= 0.3 is 0 Å². The van der Waals surface area contributed by atoms with Gasteiger partial charge in [-0.15, -0.1) is 12.4 Å². The van der Waals surface area contributed by atoms with Gasteiger partial charge in [0, 0.05) is 52.2 Å². The topological polar surface area (TPSA) is 44.8 Å². The molecule has 2 aliphatic rings. The number of nitrogens with zero attached hydrogens (tertiary/aromatic N) is 2. The van der Waals surface area contributed by atoms with E-state index in [0.29, 0.717) is 6.42 Å². The molecule has 2 heterocycles. The number of hydrogen-bond acceptors (Lipinski definition) is 4. The normalized spacial score (nSPS) is 22.4. The summed E-state index contributed by atoms with van der Waals surface area (Å²) in [6.45, 7) is 6.87. The van der Waals surface area contributed by atoms with Gasteiger partial charge in [-0.25, -0.2) is 0 Å². The Hall–Kier alpha value is -1.14. The molecule has 1 atom stereocenters. The third-order valence-corrected chi connectivity index (χ3v) is 4.43. The van der Waals surface area contributed by atoms with Crippen molar-refractivity contribution in [2.75, 3.05) is 52.4 Å². The van der Waals surface area contributed by atoms with Crippen LogP contribution >= 0.6 is 12.4 Å². The number of morpholine rings is 1. The van der Waals surface area contributed by atoms with Crippen LogP contribution in [0.3, 0.4) is 0 Å². The smallest absolute Gasteiger partial charge is 0.223 e. The number of benzene rings is 1. The summed E-state index contributed by atoms with van der Waals surface area (Å²) in [5.74, 6) is 0.282. The molecule has 2 aliphatic heterocycles. The van der Waals surface area contributed by atoms with Crippen molar-refractivity contribution in [3.8, 4) is 0 Å². The number of rotatable bonds is 4. The molecule has 128 valence electrons. The highest BCUT2D eigenvalue weighted by molar-refractivity contribution is 5.85. The summed E-state index contributed by atoms with van der Waals surface area (Å²) in [6.07, 6.45) is 0.742. The monoisotopic (exact) mass is 339 g/mol. The summed E-state index contributed by atoms with van der Waals surface area (Å²) >= 11 is 0. The molecule has 1 unspecified atom stereocenters. The maximum absolute atomic E-state index is 12.2. The lowest BCUT2D eigenvalue weighted by Crippen LogP contribution is -2.47. The average molecular weight is 340 g/mol. The van der Waals surface area contributed by atoms with Gasteiger partial charge in [0.1, 0.15) is 0 Å². The maximum Gasteiger partial charge on any atom is 0.223 e. The number of ether oxygens (including phenoxy) is 1.